The van der Waals surface area contributed by atoms with Gasteiger partial charge in [-0.3, -0.25) is 0 Å². The molecule has 0 bridgehead atoms. The van der Waals surface area contributed by atoms with Crippen LogP contribution in [-0.2, 0) is 0 Å². The highest BCUT2D eigenvalue weighted by molar-refractivity contribution is 7.14. The lowest BCUT2D eigenvalue weighted by Gasteiger charge is -1.88. The first-order chi connectivity index (χ1) is 5.36. The zero-order valence-electron chi connectivity index (χ0n) is 5.93. The monoisotopic (exact) mass is 166 g/mol. The molecule has 2 rings (SSSR count). The largest absolute Gasteiger partial charge is 0.190 e. The van der Waals surface area contributed by atoms with Gasteiger partial charge in [-0.2, -0.15) is 4.68 Å². The van der Waals surface area contributed by atoms with Gasteiger partial charge in [0.25, 0.3) is 0 Å². The molecule has 2 heterocycles. The summed E-state index contributed by atoms with van der Waals surface area (Å²) in [5, 5.41) is 11.9. The minimum absolute atomic E-state index is 1.05. The topological polar surface area (TPSA) is 43.6 Å². The Balaban J connectivity index is 2.45. The molecule has 0 saturated carbocycles. The van der Waals surface area contributed by atoms with Gasteiger partial charge in [0.1, 0.15) is 11.3 Å². The van der Waals surface area contributed by atoms with E-state index in [1.807, 2.05) is 12.1 Å². The number of tetrazole rings is 1. The fourth-order valence-electron chi connectivity index (χ4n) is 0.807. The van der Waals surface area contributed by atoms with Crippen LogP contribution < -0.4 is 0 Å². The molecule has 0 aliphatic rings. The highest BCUT2D eigenvalue weighted by Crippen LogP contribution is 2.17. The van der Waals surface area contributed by atoms with E-state index in [-0.39, 0.29) is 0 Å². The Hall–Kier alpha value is -1.23. The van der Waals surface area contributed by atoms with Gasteiger partial charge < -0.3 is 0 Å². The van der Waals surface area contributed by atoms with Gasteiger partial charge in [-0.1, -0.05) is 0 Å². The van der Waals surface area contributed by atoms with Gasteiger partial charge in [-0.25, -0.2) is 0 Å². The van der Waals surface area contributed by atoms with Crippen LogP contribution in [0.1, 0.15) is 4.88 Å². The number of aryl methyl sites for hydroxylation is 1. The van der Waals surface area contributed by atoms with Crippen LogP contribution in [0.4, 0.5) is 0 Å². The van der Waals surface area contributed by atoms with Crippen molar-refractivity contribution >= 4 is 11.3 Å². The van der Waals surface area contributed by atoms with E-state index in [0.29, 0.717) is 0 Å². The van der Waals surface area contributed by atoms with Gasteiger partial charge in [0.15, 0.2) is 0 Å². The van der Waals surface area contributed by atoms with Gasteiger partial charge in [0, 0.05) is 4.88 Å². The van der Waals surface area contributed by atoms with E-state index in [1.165, 1.54) is 4.88 Å². The minimum Gasteiger partial charge on any atom is -0.190 e. The summed E-state index contributed by atoms with van der Waals surface area (Å²) in [5.41, 5.74) is 0. The Kier molecular flexibility index (Phi) is 1.43. The summed E-state index contributed by atoms with van der Waals surface area (Å²) in [4.78, 5) is 1.26. The van der Waals surface area contributed by atoms with E-state index < -0.39 is 0 Å². The molecule has 0 unspecified atom stereocenters. The van der Waals surface area contributed by atoms with E-state index >= 15 is 0 Å². The van der Waals surface area contributed by atoms with Crippen LogP contribution in [0.3, 0.4) is 0 Å². The molecule has 0 aromatic carbocycles. The Labute approximate surface area is 67.5 Å². The SMILES string of the molecule is Cc1ccc(-n2cnnn2)s1. The van der Waals surface area contributed by atoms with Crippen LogP contribution in [0.5, 0.6) is 0 Å². The van der Waals surface area contributed by atoms with Crippen LogP contribution in [0.2, 0.25) is 0 Å². The minimum atomic E-state index is 1.05. The first-order valence-corrected chi connectivity index (χ1v) is 3.98. The lowest BCUT2D eigenvalue weighted by Crippen LogP contribution is -1.89. The van der Waals surface area contributed by atoms with Gasteiger partial charge in [0.05, 0.1) is 0 Å². The zero-order valence-corrected chi connectivity index (χ0v) is 6.75. The van der Waals surface area contributed by atoms with Crippen molar-refractivity contribution in [3.63, 3.8) is 0 Å². The lowest BCUT2D eigenvalue weighted by atomic mass is 10.5. The quantitative estimate of drug-likeness (QED) is 0.635. The van der Waals surface area contributed by atoms with Crippen molar-refractivity contribution in [3.05, 3.63) is 23.3 Å². The van der Waals surface area contributed by atoms with Crippen molar-refractivity contribution in [1.82, 2.24) is 20.2 Å². The highest BCUT2D eigenvalue weighted by atomic mass is 32.1. The van der Waals surface area contributed by atoms with Crippen molar-refractivity contribution in [1.29, 1.82) is 0 Å². The third-order valence-electron chi connectivity index (χ3n) is 1.30. The molecule has 56 valence electrons. The van der Waals surface area contributed by atoms with Gasteiger partial charge in [-0.05, 0) is 29.5 Å². The molecular weight excluding hydrogens is 160 g/mol. The van der Waals surface area contributed by atoms with Gasteiger partial charge >= 0.3 is 0 Å². The Morgan fingerprint density at radius 1 is 1.45 bits per heavy atom. The van der Waals surface area contributed by atoms with Crippen LogP contribution in [-0.4, -0.2) is 20.2 Å². The van der Waals surface area contributed by atoms with Crippen molar-refractivity contribution < 1.29 is 0 Å². The predicted molar refractivity (Wildman–Crippen MR) is 41.8 cm³/mol. The molecule has 0 spiro atoms. The van der Waals surface area contributed by atoms with E-state index in [2.05, 4.69) is 22.4 Å². The first-order valence-electron chi connectivity index (χ1n) is 3.16. The van der Waals surface area contributed by atoms with Crippen LogP contribution in [0, 0.1) is 6.92 Å². The second-order valence-corrected chi connectivity index (χ2v) is 3.41. The number of hydrogen-bond acceptors (Lipinski definition) is 4. The molecule has 0 amide bonds. The van der Waals surface area contributed by atoms with Crippen molar-refractivity contribution in [2.75, 3.05) is 0 Å². The van der Waals surface area contributed by atoms with E-state index in [0.717, 1.165) is 5.00 Å². The zero-order chi connectivity index (χ0) is 7.68. The molecule has 2 aromatic rings. The van der Waals surface area contributed by atoms with Gasteiger partial charge in [0.2, 0.25) is 0 Å². The fraction of sp³-hybridized carbons (Fsp3) is 0.167. The first kappa shape index (κ1) is 6.48. The van der Waals surface area contributed by atoms with Crippen LogP contribution >= 0.6 is 11.3 Å². The second-order valence-electron chi connectivity index (χ2n) is 2.14. The summed E-state index contributed by atoms with van der Waals surface area (Å²) in [7, 11) is 0. The smallest absolute Gasteiger partial charge is 0.144 e. The summed E-state index contributed by atoms with van der Waals surface area (Å²) in [6.45, 7) is 2.05. The Bertz CT molecular complexity index is 337. The number of thiophene rings is 1. The molecule has 11 heavy (non-hydrogen) atoms. The standard InChI is InChI=1S/C6H6N4S/c1-5-2-3-6(11-5)10-4-7-8-9-10/h2-4H,1H3. The molecule has 0 radical (unpaired) electrons. The molecule has 0 fully saturated rings. The summed E-state index contributed by atoms with van der Waals surface area (Å²) >= 11 is 1.67. The molecule has 0 N–H and O–H groups in total. The third-order valence-corrected chi connectivity index (χ3v) is 2.29. The van der Waals surface area contributed by atoms with E-state index in [4.69, 9.17) is 0 Å². The van der Waals surface area contributed by atoms with Crippen LogP contribution in [0.15, 0.2) is 18.5 Å². The fourth-order valence-corrected chi connectivity index (χ4v) is 1.59. The molecule has 0 saturated heterocycles. The molecular formula is C6H6N4S. The number of rotatable bonds is 1. The summed E-state index contributed by atoms with van der Waals surface area (Å²) in [5.74, 6) is 0. The molecule has 5 heteroatoms. The maximum atomic E-state index is 3.77. The van der Waals surface area contributed by atoms with Crippen LogP contribution in [0.25, 0.3) is 5.00 Å². The third kappa shape index (κ3) is 1.14. The van der Waals surface area contributed by atoms with E-state index in [9.17, 15) is 0 Å². The molecule has 4 nitrogen and oxygen atoms in total. The molecule has 2 aromatic heterocycles. The normalized spacial score (nSPS) is 10.3. The number of aromatic nitrogens is 4. The number of nitrogens with zero attached hydrogens (tertiary/aromatic N) is 4. The van der Waals surface area contributed by atoms with Crippen molar-refractivity contribution in [2.24, 2.45) is 0 Å². The average Bonchev–Trinajstić information content (AvgIpc) is 2.55. The maximum Gasteiger partial charge on any atom is 0.144 e. The van der Waals surface area contributed by atoms with Crippen molar-refractivity contribution in [2.45, 2.75) is 6.92 Å². The highest BCUT2D eigenvalue weighted by Gasteiger charge is 1.98. The molecule has 0 aliphatic carbocycles. The average molecular weight is 166 g/mol. The summed E-state index contributed by atoms with van der Waals surface area (Å²) < 4.78 is 1.65. The summed E-state index contributed by atoms with van der Waals surface area (Å²) in [6.07, 6.45) is 1.59. The summed E-state index contributed by atoms with van der Waals surface area (Å²) in [6, 6.07) is 4.04. The van der Waals surface area contributed by atoms with Crippen molar-refractivity contribution in [3.8, 4) is 5.00 Å². The Morgan fingerprint density at radius 3 is 2.91 bits per heavy atom. The Morgan fingerprint density at radius 2 is 2.36 bits per heavy atom. The molecule has 0 atom stereocenters. The predicted octanol–water partition coefficient (Wildman–Crippen LogP) is 1.03. The molecule has 0 aliphatic heterocycles. The maximum absolute atomic E-state index is 3.77. The van der Waals surface area contributed by atoms with E-state index in [1.54, 1.807) is 22.3 Å². The van der Waals surface area contributed by atoms with Gasteiger partial charge in [-0.15, -0.1) is 16.4 Å². The number of hydrogen-bond donors (Lipinski definition) is 0. The second kappa shape index (κ2) is 2.43. The lowest BCUT2D eigenvalue weighted by molar-refractivity contribution is 0.798.